The van der Waals surface area contributed by atoms with Gasteiger partial charge in [0, 0.05) is 47.7 Å². The maximum Gasteiger partial charge on any atom is 0.345 e. The molecule has 152 valence electrons. The fraction of sp³-hybridized carbons (Fsp3) is 0.455. The summed E-state index contributed by atoms with van der Waals surface area (Å²) in [5.41, 5.74) is 3.15. The van der Waals surface area contributed by atoms with Crippen molar-refractivity contribution in [3.05, 3.63) is 58.0 Å². The van der Waals surface area contributed by atoms with Crippen LogP contribution in [-0.2, 0) is 11.2 Å². The number of nitrogens with zero attached hydrogens (tertiary/aromatic N) is 3. The maximum absolute atomic E-state index is 12.4. The number of fused-ring (bicyclic) bond motifs is 1. The van der Waals surface area contributed by atoms with E-state index in [-0.39, 0.29) is 17.6 Å². The van der Waals surface area contributed by atoms with Crippen molar-refractivity contribution in [2.24, 2.45) is 0 Å². The normalized spacial score (nSPS) is 19.4. The summed E-state index contributed by atoms with van der Waals surface area (Å²) >= 11 is 0. The van der Waals surface area contributed by atoms with E-state index in [1.54, 1.807) is 0 Å². The van der Waals surface area contributed by atoms with Crippen molar-refractivity contribution in [3.8, 4) is 0 Å². The first-order valence-corrected chi connectivity index (χ1v) is 10.3. The summed E-state index contributed by atoms with van der Waals surface area (Å²) in [6.07, 6.45) is 8.98. The van der Waals surface area contributed by atoms with Gasteiger partial charge in [0.15, 0.2) is 0 Å². The van der Waals surface area contributed by atoms with Gasteiger partial charge in [0.2, 0.25) is 5.91 Å². The molecule has 0 saturated heterocycles. The summed E-state index contributed by atoms with van der Waals surface area (Å²) in [6.45, 7) is 3.67. The molecule has 3 heterocycles. The number of H-pyrrole nitrogens is 1. The van der Waals surface area contributed by atoms with E-state index in [1.807, 2.05) is 26.1 Å². The highest BCUT2D eigenvalue weighted by Crippen LogP contribution is 2.31. The molecule has 1 fully saturated rings. The van der Waals surface area contributed by atoms with Crippen LogP contribution in [0, 0.1) is 13.8 Å². The third-order valence-electron chi connectivity index (χ3n) is 5.99. The van der Waals surface area contributed by atoms with E-state index in [4.69, 9.17) is 0 Å². The lowest BCUT2D eigenvalue weighted by Gasteiger charge is -2.30. The zero-order chi connectivity index (χ0) is 20.4. The summed E-state index contributed by atoms with van der Waals surface area (Å²) in [5, 5.41) is 4.36. The minimum absolute atomic E-state index is 0.0616. The molecule has 0 radical (unpaired) electrons. The van der Waals surface area contributed by atoms with Gasteiger partial charge in [0.05, 0.1) is 0 Å². The highest BCUT2D eigenvalue weighted by Gasteiger charge is 2.24. The zero-order valence-electron chi connectivity index (χ0n) is 16.9. The molecule has 1 aliphatic carbocycles. The number of carbonyl (C=O) groups is 1. The van der Waals surface area contributed by atoms with Crippen LogP contribution >= 0.6 is 0 Å². The lowest BCUT2D eigenvalue weighted by molar-refractivity contribution is -0.122. The molecule has 1 aliphatic rings. The summed E-state index contributed by atoms with van der Waals surface area (Å²) in [4.78, 5) is 35.0. The van der Waals surface area contributed by atoms with Crippen molar-refractivity contribution in [3.63, 3.8) is 0 Å². The first-order chi connectivity index (χ1) is 14.0. The number of aromatic amines is 1. The first-order valence-electron chi connectivity index (χ1n) is 10.3. The van der Waals surface area contributed by atoms with E-state index in [0.29, 0.717) is 24.6 Å². The lowest BCUT2D eigenvalue weighted by Crippen LogP contribution is -2.38. The third kappa shape index (κ3) is 4.23. The van der Waals surface area contributed by atoms with E-state index >= 15 is 0 Å². The van der Waals surface area contributed by atoms with Crippen molar-refractivity contribution in [2.45, 2.75) is 64.5 Å². The molecular formula is C22H27N5O2. The summed E-state index contributed by atoms with van der Waals surface area (Å²) < 4.78 is 2.28. The second-order valence-corrected chi connectivity index (χ2v) is 7.94. The fourth-order valence-electron chi connectivity index (χ4n) is 4.44. The van der Waals surface area contributed by atoms with Gasteiger partial charge in [0.25, 0.3) is 0 Å². The van der Waals surface area contributed by atoms with Crippen LogP contribution in [0.1, 0.15) is 55.1 Å². The van der Waals surface area contributed by atoms with E-state index in [9.17, 15) is 9.59 Å². The highest BCUT2D eigenvalue weighted by atomic mass is 16.1. The Hall–Kier alpha value is -2.96. The van der Waals surface area contributed by atoms with Gasteiger partial charge in [-0.25, -0.2) is 9.78 Å². The second-order valence-electron chi connectivity index (χ2n) is 7.94. The number of pyridine rings is 1. The Kier molecular flexibility index (Phi) is 5.47. The molecule has 0 spiro atoms. The molecule has 4 rings (SSSR count). The topological polar surface area (TPSA) is 92.7 Å². The van der Waals surface area contributed by atoms with Crippen molar-refractivity contribution >= 4 is 16.9 Å². The van der Waals surface area contributed by atoms with Crippen LogP contribution in [-0.4, -0.2) is 31.5 Å². The molecule has 7 nitrogen and oxygen atoms in total. The van der Waals surface area contributed by atoms with Crippen molar-refractivity contribution in [2.75, 3.05) is 0 Å². The molecule has 7 heteroatoms. The average Bonchev–Trinajstić information content (AvgIpc) is 3.12. The van der Waals surface area contributed by atoms with Crippen molar-refractivity contribution < 1.29 is 4.79 Å². The molecule has 1 saturated carbocycles. The van der Waals surface area contributed by atoms with Crippen molar-refractivity contribution in [1.82, 2.24) is 24.8 Å². The molecule has 0 aromatic carbocycles. The predicted molar refractivity (Wildman–Crippen MR) is 112 cm³/mol. The van der Waals surface area contributed by atoms with Gasteiger partial charge in [-0.15, -0.1) is 0 Å². The number of hydrogen-bond acceptors (Lipinski definition) is 4. The zero-order valence-corrected chi connectivity index (χ0v) is 16.9. The van der Waals surface area contributed by atoms with Crippen LogP contribution in [0.3, 0.4) is 0 Å². The molecule has 3 aromatic rings. The smallest absolute Gasteiger partial charge is 0.345 e. The van der Waals surface area contributed by atoms with Gasteiger partial charge < -0.3 is 14.9 Å². The molecule has 29 heavy (non-hydrogen) atoms. The summed E-state index contributed by atoms with van der Waals surface area (Å²) in [7, 11) is 0. The van der Waals surface area contributed by atoms with E-state index < -0.39 is 0 Å². The molecule has 0 unspecified atom stereocenters. The van der Waals surface area contributed by atoms with Gasteiger partial charge in [-0.1, -0.05) is 0 Å². The highest BCUT2D eigenvalue weighted by molar-refractivity contribution is 5.77. The summed E-state index contributed by atoms with van der Waals surface area (Å²) in [5.74, 6) is 0.0616. The number of rotatable bonds is 5. The van der Waals surface area contributed by atoms with Crippen molar-refractivity contribution in [1.29, 1.82) is 0 Å². The van der Waals surface area contributed by atoms with Crippen LogP contribution in [0.4, 0.5) is 0 Å². The van der Waals surface area contributed by atoms with Gasteiger partial charge in [-0.3, -0.25) is 4.79 Å². The monoisotopic (exact) mass is 393 g/mol. The van der Waals surface area contributed by atoms with Crippen LogP contribution in [0.5, 0.6) is 0 Å². The Bertz CT molecular complexity index is 1050. The van der Waals surface area contributed by atoms with Crippen LogP contribution in [0.2, 0.25) is 0 Å². The average molecular weight is 393 g/mol. The van der Waals surface area contributed by atoms with Gasteiger partial charge in [-0.2, -0.15) is 4.98 Å². The Morgan fingerprint density at radius 3 is 2.79 bits per heavy atom. The van der Waals surface area contributed by atoms with Crippen LogP contribution in [0.15, 0.2) is 35.4 Å². The maximum atomic E-state index is 12.4. The quantitative estimate of drug-likeness (QED) is 0.697. The number of carbonyl (C=O) groups excluding carboxylic acids is 1. The molecule has 0 atom stereocenters. The van der Waals surface area contributed by atoms with Gasteiger partial charge >= 0.3 is 5.69 Å². The molecule has 0 bridgehead atoms. The van der Waals surface area contributed by atoms with E-state index in [2.05, 4.69) is 43.2 Å². The minimum atomic E-state index is -0.337. The Morgan fingerprint density at radius 2 is 2.03 bits per heavy atom. The van der Waals surface area contributed by atoms with Gasteiger partial charge in [-0.05, 0) is 69.7 Å². The lowest BCUT2D eigenvalue weighted by atomic mass is 9.91. The largest absolute Gasteiger partial charge is 0.353 e. The number of aromatic nitrogens is 4. The number of hydrogen-bond donors (Lipinski definition) is 2. The third-order valence-corrected chi connectivity index (χ3v) is 5.99. The Labute approximate surface area is 169 Å². The molecule has 0 aliphatic heterocycles. The minimum Gasteiger partial charge on any atom is -0.353 e. The SMILES string of the molecule is Cc1nc(=O)[nH]c(C)c1CCC(=O)NC1CCC(n2ccc3cccnc32)CC1. The van der Waals surface area contributed by atoms with Gasteiger partial charge in [0.1, 0.15) is 5.65 Å². The standard InChI is InChI=1S/C22H27N5O2/c1-14-19(15(2)25-22(29)24-14)9-10-20(28)26-17-5-7-18(8-6-17)27-13-11-16-4-3-12-23-21(16)27/h3-4,11-13,17-18H,5-10H2,1-2H3,(H,26,28)(H,24,25,29). The number of amides is 1. The van der Waals surface area contributed by atoms with E-state index in [1.165, 1.54) is 5.39 Å². The predicted octanol–water partition coefficient (Wildman–Crippen LogP) is 2.97. The Morgan fingerprint density at radius 1 is 1.24 bits per heavy atom. The summed E-state index contributed by atoms with van der Waals surface area (Å²) in [6, 6.07) is 6.83. The number of aryl methyl sites for hydroxylation is 2. The molecule has 2 N–H and O–H groups in total. The van der Waals surface area contributed by atoms with E-state index in [0.717, 1.165) is 42.6 Å². The second kappa shape index (κ2) is 8.19. The molecule has 3 aromatic heterocycles. The fourth-order valence-corrected chi connectivity index (χ4v) is 4.44. The number of nitrogens with one attached hydrogen (secondary N) is 2. The first kappa shape index (κ1) is 19.4. The van der Waals surface area contributed by atoms with Crippen LogP contribution in [0.25, 0.3) is 11.0 Å². The molecular weight excluding hydrogens is 366 g/mol. The molecule has 1 amide bonds. The Balaban J connectivity index is 1.29. The van der Waals surface area contributed by atoms with Crippen LogP contribution < -0.4 is 11.0 Å².